The number of carboxylic acid groups (broad SMARTS) is 2. The van der Waals surface area contributed by atoms with E-state index in [0.717, 1.165) is 0 Å². The summed E-state index contributed by atoms with van der Waals surface area (Å²) in [6, 6.07) is -10.3. The standard InChI is InChI=1S/C35H58N14O12S/c1-17(43-18(2)50)28(54)49-25(15-62)33(59)48-24(13-27(52)53)32(58)44-20(7-5-11-41-35(38)39)29(55)45-21(8-9-26(37)51)30(56)47-23(12-19-14-40-16-42-19)31(57)46-22(34(60)61)6-3-4-10-36/h14,16-17,20-25,62H,3-13,15,36H2,1-2H3,(H2,37,51)(H,40,42)(H,43,50)(H,44,58)(H,45,55)(H,46,57)(H,47,56)(H,48,59)(H,49,54)(H,52,53)(H,60,61)(H4,38,39,41)/t17-,20-,21-,22-,23-,24-,25-/m0/s1. The monoisotopic (exact) mass is 898 g/mol. The van der Waals surface area contributed by atoms with Gasteiger partial charge in [-0.05, 0) is 52.0 Å². The summed E-state index contributed by atoms with van der Waals surface area (Å²) in [4.78, 5) is 138. The van der Waals surface area contributed by atoms with Crippen molar-refractivity contribution < 1.29 is 58.2 Å². The molecule has 0 saturated carbocycles. The number of aliphatic imine (C=N–C) groups is 1. The third kappa shape index (κ3) is 21.1. The topological polar surface area (TPSA) is 440 Å². The molecule has 0 aliphatic carbocycles. The van der Waals surface area contributed by atoms with Gasteiger partial charge in [0.1, 0.15) is 42.3 Å². The van der Waals surface area contributed by atoms with Gasteiger partial charge in [-0.1, -0.05) is 0 Å². The quantitative estimate of drug-likeness (QED) is 0.0148. The molecule has 0 aromatic carbocycles. The van der Waals surface area contributed by atoms with Crippen molar-refractivity contribution in [1.29, 1.82) is 0 Å². The molecule has 0 fully saturated rings. The molecule has 1 rings (SSSR count). The molecule has 1 heterocycles. The zero-order chi connectivity index (χ0) is 46.9. The Bertz CT molecular complexity index is 1740. The van der Waals surface area contributed by atoms with Crippen LogP contribution in [-0.4, -0.2) is 146 Å². The number of primary amides is 1. The summed E-state index contributed by atoms with van der Waals surface area (Å²) in [5.74, 6) is -10.9. The van der Waals surface area contributed by atoms with E-state index in [1.807, 2.05) is 0 Å². The number of guanidine groups is 1. The maximum Gasteiger partial charge on any atom is 0.326 e. The van der Waals surface area contributed by atoms with E-state index < -0.39 is 121 Å². The second-order valence-corrected chi connectivity index (χ2v) is 14.3. The van der Waals surface area contributed by atoms with Crippen LogP contribution >= 0.6 is 12.6 Å². The zero-order valence-electron chi connectivity index (χ0n) is 34.3. The van der Waals surface area contributed by atoms with Gasteiger partial charge in [-0.3, -0.25) is 48.1 Å². The lowest BCUT2D eigenvalue weighted by Crippen LogP contribution is -2.60. The van der Waals surface area contributed by atoms with E-state index in [9.17, 15) is 58.2 Å². The van der Waals surface area contributed by atoms with Crippen molar-refractivity contribution in [2.75, 3.05) is 18.8 Å². The Morgan fingerprint density at radius 1 is 0.710 bits per heavy atom. The van der Waals surface area contributed by atoms with Gasteiger partial charge in [0.05, 0.1) is 12.7 Å². The fraction of sp³-hybridized carbons (Fsp3) is 0.600. The van der Waals surface area contributed by atoms with Crippen LogP contribution in [0.25, 0.3) is 0 Å². The largest absolute Gasteiger partial charge is 0.481 e. The smallest absolute Gasteiger partial charge is 0.326 e. The van der Waals surface area contributed by atoms with Crippen molar-refractivity contribution in [3.63, 3.8) is 0 Å². The van der Waals surface area contributed by atoms with Crippen LogP contribution in [0.5, 0.6) is 0 Å². The molecule has 27 heteroatoms. The number of imidazole rings is 1. The minimum absolute atomic E-state index is 0.0209. The van der Waals surface area contributed by atoms with Crippen molar-refractivity contribution in [2.45, 2.75) is 114 Å². The summed E-state index contributed by atoms with van der Waals surface area (Å²) in [6.45, 7) is 2.74. The lowest BCUT2D eigenvalue weighted by atomic mass is 10.0. The highest BCUT2D eigenvalue weighted by Crippen LogP contribution is 2.09. The van der Waals surface area contributed by atoms with Crippen LogP contribution in [0.4, 0.5) is 0 Å². The average molecular weight is 899 g/mol. The number of hydrogen-bond acceptors (Lipinski definition) is 14. The number of amides is 8. The summed E-state index contributed by atoms with van der Waals surface area (Å²) in [7, 11) is 0. The van der Waals surface area contributed by atoms with Gasteiger partial charge < -0.3 is 75.3 Å². The van der Waals surface area contributed by atoms with Crippen LogP contribution in [0.3, 0.4) is 0 Å². The van der Waals surface area contributed by atoms with Crippen molar-refractivity contribution in [3.05, 3.63) is 18.2 Å². The number of hydrogen-bond donors (Lipinski definition) is 15. The van der Waals surface area contributed by atoms with Crippen LogP contribution < -0.4 is 60.2 Å². The van der Waals surface area contributed by atoms with Gasteiger partial charge in [-0.15, -0.1) is 0 Å². The molecule has 0 saturated heterocycles. The van der Waals surface area contributed by atoms with Gasteiger partial charge in [0.15, 0.2) is 5.96 Å². The summed E-state index contributed by atoms with van der Waals surface area (Å²) < 4.78 is 0. The number of aromatic amines is 1. The van der Waals surface area contributed by atoms with Gasteiger partial charge in [-0.2, -0.15) is 12.6 Å². The van der Waals surface area contributed by atoms with E-state index in [0.29, 0.717) is 18.5 Å². The minimum Gasteiger partial charge on any atom is -0.481 e. The highest BCUT2D eigenvalue weighted by molar-refractivity contribution is 7.80. The number of unbranched alkanes of at least 4 members (excludes halogenated alkanes) is 1. The Balaban J connectivity index is 3.45. The Morgan fingerprint density at radius 3 is 1.74 bits per heavy atom. The number of carboxylic acids is 2. The SMILES string of the molecule is CC(=O)N[C@@H](C)C(=O)N[C@@H](CS)C(=O)N[C@@H](CC(=O)O)C(=O)N[C@@H](CCCN=C(N)N)C(=O)N[C@@H](CCC(N)=O)C(=O)N[C@@H](Cc1cnc[nH]1)C(=O)N[C@@H](CCCCN)C(=O)O. The van der Waals surface area contributed by atoms with Crippen LogP contribution in [0.1, 0.15) is 70.9 Å². The molecule has 62 heavy (non-hydrogen) atoms. The van der Waals surface area contributed by atoms with E-state index in [1.165, 1.54) is 26.4 Å². The number of nitrogens with one attached hydrogen (secondary N) is 8. The number of aromatic nitrogens is 2. The molecule has 0 spiro atoms. The van der Waals surface area contributed by atoms with E-state index in [-0.39, 0.29) is 50.5 Å². The first-order chi connectivity index (χ1) is 29.2. The van der Waals surface area contributed by atoms with Gasteiger partial charge >= 0.3 is 11.9 Å². The molecule has 1 aromatic heterocycles. The van der Waals surface area contributed by atoms with Crippen molar-refractivity contribution in [3.8, 4) is 0 Å². The normalized spacial score (nSPS) is 14.1. The average Bonchev–Trinajstić information content (AvgIpc) is 3.70. The predicted octanol–water partition coefficient (Wildman–Crippen LogP) is -5.68. The lowest BCUT2D eigenvalue weighted by Gasteiger charge is -2.27. The van der Waals surface area contributed by atoms with Crippen molar-refractivity contribution in [2.24, 2.45) is 27.9 Å². The molecule has 0 unspecified atom stereocenters. The molecule has 26 nitrogen and oxygen atoms in total. The highest BCUT2D eigenvalue weighted by Gasteiger charge is 2.34. The second-order valence-electron chi connectivity index (χ2n) is 13.9. The van der Waals surface area contributed by atoms with Gasteiger partial charge in [0.25, 0.3) is 0 Å². The van der Waals surface area contributed by atoms with Crippen LogP contribution in [-0.2, 0) is 54.4 Å². The van der Waals surface area contributed by atoms with Crippen LogP contribution in [0.2, 0.25) is 0 Å². The Labute approximate surface area is 361 Å². The molecule has 0 aliphatic rings. The summed E-state index contributed by atoms with van der Waals surface area (Å²) in [5.41, 5.74) is 22.0. The number of nitrogens with two attached hydrogens (primary N) is 4. The maximum absolute atomic E-state index is 13.9. The minimum atomic E-state index is -1.85. The van der Waals surface area contributed by atoms with Gasteiger partial charge in [-0.25, -0.2) is 9.78 Å². The Hall–Kier alpha value is -6.51. The third-order valence-electron chi connectivity index (χ3n) is 8.70. The zero-order valence-corrected chi connectivity index (χ0v) is 35.2. The first-order valence-electron chi connectivity index (χ1n) is 19.3. The molecule has 8 amide bonds. The number of H-pyrrole nitrogens is 1. The predicted molar refractivity (Wildman–Crippen MR) is 222 cm³/mol. The number of thiol groups is 1. The Kier molecular flexibility index (Phi) is 24.2. The number of rotatable bonds is 30. The summed E-state index contributed by atoms with van der Waals surface area (Å²) in [6.07, 6.45) is 1.20. The van der Waals surface area contributed by atoms with Crippen LogP contribution in [0, 0.1) is 0 Å². The summed E-state index contributed by atoms with van der Waals surface area (Å²) >= 11 is 4.05. The van der Waals surface area contributed by atoms with Crippen LogP contribution in [0.15, 0.2) is 17.5 Å². The molecule has 0 bridgehead atoms. The van der Waals surface area contributed by atoms with E-state index in [2.05, 4.69) is 64.8 Å². The van der Waals surface area contributed by atoms with Crippen molar-refractivity contribution in [1.82, 2.24) is 47.2 Å². The van der Waals surface area contributed by atoms with Gasteiger partial charge in [0, 0.05) is 44.0 Å². The molecular weight excluding hydrogens is 841 g/mol. The fourth-order valence-electron chi connectivity index (χ4n) is 5.51. The van der Waals surface area contributed by atoms with Gasteiger partial charge in [0.2, 0.25) is 47.3 Å². The van der Waals surface area contributed by atoms with E-state index in [1.54, 1.807) is 0 Å². The number of carbonyl (C=O) groups is 10. The maximum atomic E-state index is 13.9. The molecular formula is C35H58N14O12S. The number of carbonyl (C=O) groups excluding carboxylic acids is 8. The van der Waals surface area contributed by atoms with Crippen molar-refractivity contribution >= 4 is 77.8 Å². The molecule has 0 aliphatic heterocycles. The number of aliphatic carboxylic acids is 2. The lowest BCUT2D eigenvalue weighted by molar-refractivity contribution is -0.143. The molecule has 18 N–H and O–H groups in total. The third-order valence-corrected chi connectivity index (χ3v) is 9.07. The summed E-state index contributed by atoms with van der Waals surface area (Å²) in [5, 5.41) is 35.8. The molecule has 346 valence electrons. The molecule has 7 atom stereocenters. The number of nitrogens with zero attached hydrogens (tertiary/aromatic N) is 2. The van der Waals surface area contributed by atoms with E-state index in [4.69, 9.17) is 22.9 Å². The highest BCUT2D eigenvalue weighted by atomic mass is 32.1. The Morgan fingerprint density at radius 2 is 1.23 bits per heavy atom. The molecule has 0 radical (unpaired) electrons. The first-order valence-corrected chi connectivity index (χ1v) is 20.0. The first kappa shape index (κ1) is 53.5. The second kappa shape index (κ2) is 28.1. The van der Waals surface area contributed by atoms with E-state index >= 15 is 0 Å². The fourth-order valence-corrected chi connectivity index (χ4v) is 5.77. The molecule has 1 aromatic rings.